The van der Waals surface area contributed by atoms with Crippen LogP contribution < -0.4 is 4.74 Å². The van der Waals surface area contributed by atoms with Gasteiger partial charge in [0, 0.05) is 34.5 Å². The number of benzene rings is 3. The highest BCUT2D eigenvalue weighted by atomic mass is 35.5. The molecule has 0 bridgehead atoms. The predicted octanol–water partition coefficient (Wildman–Crippen LogP) is 7.26. The number of aliphatic carboxylic acids is 1. The number of alkyl halides is 3. The topological polar surface area (TPSA) is 119 Å². The zero-order chi connectivity index (χ0) is 35.0. The molecular formula is C31H27Cl3F3N3O6S. The molecule has 0 saturated heterocycles. The van der Waals surface area contributed by atoms with Crippen LogP contribution in [0.25, 0.3) is 0 Å². The van der Waals surface area contributed by atoms with Crippen molar-refractivity contribution in [1.29, 1.82) is 0 Å². The Balaban J connectivity index is 2.03. The Morgan fingerprint density at radius 2 is 1.68 bits per heavy atom. The molecule has 0 saturated carbocycles. The number of aromatic nitrogens is 2. The zero-order valence-electron chi connectivity index (χ0n) is 25.2. The standard InChI is InChI=1S/C31H27Cl3F3N3O6S/c1-16-12-25(46-4)17(2)18(3)28(16)47(44,45)39(24(30(42)43)13-19-8-6-5-7-9-19)15-22-26(40(34)38-29(22)31(35,36)37)27(41)21-11-10-20(32)14-23(21)33/h5-12,14,24H,13,15H2,1-4H3,(H,42,43)/t24-/m0/s1. The molecule has 0 aliphatic heterocycles. The quantitative estimate of drug-likeness (QED) is 0.161. The Morgan fingerprint density at radius 1 is 1.04 bits per heavy atom. The monoisotopic (exact) mass is 731 g/mol. The molecule has 4 aromatic rings. The third kappa shape index (κ3) is 7.29. The highest BCUT2D eigenvalue weighted by Crippen LogP contribution is 2.39. The lowest BCUT2D eigenvalue weighted by Crippen LogP contribution is -2.46. The van der Waals surface area contributed by atoms with Crippen molar-refractivity contribution in [2.45, 2.75) is 50.9 Å². The number of carbonyl (C=O) groups excluding carboxylic acids is 1. The molecule has 1 atom stereocenters. The number of hydrogen-bond acceptors (Lipinski definition) is 6. The fourth-order valence-electron chi connectivity index (χ4n) is 5.24. The van der Waals surface area contributed by atoms with Crippen LogP contribution in [0.2, 0.25) is 10.0 Å². The maximum Gasteiger partial charge on any atom is 0.435 e. The van der Waals surface area contributed by atoms with Gasteiger partial charge >= 0.3 is 12.1 Å². The third-order valence-electron chi connectivity index (χ3n) is 7.59. The summed E-state index contributed by atoms with van der Waals surface area (Å²) in [6.07, 6.45) is -5.68. The lowest BCUT2D eigenvalue weighted by atomic mass is 10.0. The number of carboxylic acid groups (broad SMARTS) is 1. The lowest BCUT2D eigenvalue weighted by Gasteiger charge is -2.30. The summed E-state index contributed by atoms with van der Waals surface area (Å²) in [6.45, 7) is 3.24. The summed E-state index contributed by atoms with van der Waals surface area (Å²) in [4.78, 5) is 26.3. The first kappa shape index (κ1) is 36.2. The summed E-state index contributed by atoms with van der Waals surface area (Å²) in [5.41, 5.74) is -2.73. The minimum Gasteiger partial charge on any atom is -0.496 e. The van der Waals surface area contributed by atoms with E-state index in [1.54, 1.807) is 37.3 Å². The van der Waals surface area contributed by atoms with Gasteiger partial charge in [0.2, 0.25) is 15.8 Å². The molecule has 0 aliphatic carbocycles. The average Bonchev–Trinajstić information content (AvgIpc) is 3.32. The van der Waals surface area contributed by atoms with E-state index < -0.39 is 63.9 Å². The van der Waals surface area contributed by atoms with Gasteiger partial charge in [-0.05, 0) is 73.7 Å². The SMILES string of the molecule is COc1cc(C)c(S(=O)(=O)N(Cc2c(C(F)(F)F)nn(Cl)c2C(=O)c2ccc(Cl)cc2Cl)[C@@H](Cc2ccccc2)C(=O)O)c(C)c1C. The molecule has 9 nitrogen and oxygen atoms in total. The molecule has 47 heavy (non-hydrogen) atoms. The molecule has 0 unspecified atom stereocenters. The number of carboxylic acids is 1. The van der Waals surface area contributed by atoms with Crippen LogP contribution in [-0.2, 0) is 34.0 Å². The number of methoxy groups -OCH3 is 1. The fraction of sp³-hybridized carbons (Fsp3) is 0.258. The van der Waals surface area contributed by atoms with Crippen molar-refractivity contribution < 1.29 is 41.0 Å². The van der Waals surface area contributed by atoms with Crippen LogP contribution in [0.4, 0.5) is 13.2 Å². The number of aryl methyl sites for hydroxylation is 1. The third-order valence-corrected chi connectivity index (χ3v) is 10.5. The van der Waals surface area contributed by atoms with E-state index in [1.165, 1.54) is 39.2 Å². The van der Waals surface area contributed by atoms with Crippen LogP contribution in [0.5, 0.6) is 5.75 Å². The molecule has 4 rings (SSSR count). The molecule has 250 valence electrons. The van der Waals surface area contributed by atoms with Gasteiger partial charge in [-0.2, -0.15) is 26.8 Å². The van der Waals surface area contributed by atoms with E-state index in [-0.39, 0.29) is 35.8 Å². The van der Waals surface area contributed by atoms with E-state index in [4.69, 9.17) is 39.7 Å². The minimum absolute atomic E-state index is 0.130. The number of carbonyl (C=O) groups is 2. The summed E-state index contributed by atoms with van der Waals surface area (Å²) in [7, 11) is -3.57. The van der Waals surface area contributed by atoms with Crippen molar-refractivity contribution in [1.82, 2.24) is 13.6 Å². The van der Waals surface area contributed by atoms with Gasteiger partial charge in [-0.3, -0.25) is 9.59 Å². The fourth-order valence-corrected chi connectivity index (χ4v) is 8.02. The molecule has 0 fully saturated rings. The predicted molar refractivity (Wildman–Crippen MR) is 170 cm³/mol. The maximum atomic E-state index is 14.6. The molecule has 0 radical (unpaired) electrons. The molecular weight excluding hydrogens is 706 g/mol. The molecule has 16 heteroatoms. The Morgan fingerprint density at radius 3 is 2.23 bits per heavy atom. The molecule has 1 aromatic heterocycles. The number of rotatable bonds is 11. The van der Waals surface area contributed by atoms with Crippen LogP contribution in [0.15, 0.2) is 59.5 Å². The van der Waals surface area contributed by atoms with Crippen LogP contribution in [-0.4, -0.2) is 52.0 Å². The van der Waals surface area contributed by atoms with Gasteiger partial charge in [0.1, 0.15) is 17.5 Å². The van der Waals surface area contributed by atoms with E-state index in [2.05, 4.69) is 5.10 Å². The normalized spacial score (nSPS) is 12.7. The molecule has 3 aromatic carbocycles. The van der Waals surface area contributed by atoms with Crippen LogP contribution >= 0.6 is 35.0 Å². The summed E-state index contributed by atoms with van der Waals surface area (Å²) >= 11 is 18.2. The number of halogens is 6. The number of nitrogens with zero attached hydrogens (tertiary/aromatic N) is 3. The van der Waals surface area contributed by atoms with E-state index in [1.807, 2.05) is 0 Å². The number of sulfonamides is 1. The summed E-state index contributed by atoms with van der Waals surface area (Å²) in [5, 5.41) is 13.7. The summed E-state index contributed by atoms with van der Waals surface area (Å²) in [5.74, 6) is -2.45. The van der Waals surface area contributed by atoms with Crippen LogP contribution in [0, 0.1) is 20.8 Å². The van der Waals surface area contributed by atoms with E-state index >= 15 is 0 Å². The van der Waals surface area contributed by atoms with Crippen LogP contribution in [0.3, 0.4) is 0 Å². The first-order valence-corrected chi connectivity index (χ1v) is 16.2. The Labute approximate surface area is 283 Å². The van der Waals surface area contributed by atoms with E-state index in [0.717, 1.165) is 6.07 Å². The van der Waals surface area contributed by atoms with E-state index in [0.29, 0.717) is 21.2 Å². The van der Waals surface area contributed by atoms with Gasteiger partial charge in [-0.15, -0.1) is 0 Å². The zero-order valence-corrected chi connectivity index (χ0v) is 28.3. The highest BCUT2D eigenvalue weighted by molar-refractivity contribution is 7.89. The number of ether oxygens (including phenoxy) is 1. The largest absolute Gasteiger partial charge is 0.496 e. The van der Waals surface area contributed by atoms with E-state index in [9.17, 15) is 36.3 Å². The van der Waals surface area contributed by atoms with Crippen molar-refractivity contribution in [2.24, 2.45) is 0 Å². The first-order valence-electron chi connectivity index (χ1n) is 13.7. The Hall–Kier alpha value is -3.62. The Kier molecular flexibility index (Phi) is 10.7. The van der Waals surface area contributed by atoms with Crippen molar-refractivity contribution in [3.63, 3.8) is 0 Å². The number of ketones is 1. The molecule has 0 aliphatic rings. The van der Waals surface area contributed by atoms with Gasteiger partial charge in [-0.25, -0.2) is 8.42 Å². The van der Waals surface area contributed by atoms with Gasteiger partial charge in [0.15, 0.2) is 5.69 Å². The molecule has 1 N–H and O–H groups in total. The van der Waals surface area contributed by atoms with Gasteiger partial charge in [-0.1, -0.05) is 53.5 Å². The maximum absolute atomic E-state index is 14.6. The minimum atomic E-state index is -5.25. The summed E-state index contributed by atoms with van der Waals surface area (Å²) in [6, 6.07) is 11.0. The second kappa shape index (κ2) is 13.9. The van der Waals surface area contributed by atoms with Crippen LogP contribution in [0.1, 0.15) is 49.6 Å². The van der Waals surface area contributed by atoms with Gasteiger partial charge < -0.3 is 9.84 Å². The Bertz CT molecular complexity index is 1970. The number of hydrogen-bond donors (Lipinski definition) is 1. The molecule has 0 spiro atoms. The van der Waals surface area contributed by atoms with Crippen molar-refractivity contribution in [2.75, 3.05) is 7.11 Å². The van der Waals surface area contributed by atoms with Crippen molar-refractivity contribution in [3.8, 4) is 5.75 Å². The van der Waals surface area contributed by atoms with Gasteiger partial charge in [0.05, 0.1) is 17.0 Å². The second-order valence-electron chi connectivity index (χ2n) is 10.6. The van der Waals surface area contributed by atoms with Crippen molar-refractivity contribution >= 4 is 56.8 Å². The first-order chi connectivity index (χ1) is 21.9. The lowest BCUT2D eigenvalue weighted by molar-refractivity contribution is -0.142. The average molecular weight is 733 g/mol. The second-order valence-corrected chi connectivity index (χ2v) is 13.5. The van der Waals surface area contributed by atoms with Gasteiger partial charge in [0.25, 0.3) is 0 Å². The summed E-state index contributed by atoms with van der Waals surface area (Å²) < 4.78 is 78.7. The molecule has 1 heterocycles. The van der Waals surface area contributed by atoms with Crippen molar-refractivity contribution in [3.05, 3.63) is 109 Å². The molecule has 0 amide bonds. The smallest absolute Gasteiger partial charge is 0.435 e. The highest BCUT2D eigenvalue weighted by Gasteiger charge is 2.45.